The molecule has 2 heteroatoms. The predicted octanol–water partition coefficient (Wildman–Crippen LogP) is 4.31. The summed E-state index contributed by atoms with van der Waals surface area (Å²) in [6.07, 6.45) is 4.86. The first kappa shape index (κ1) is 13.6. The SMILES string of the molecule is c1ccc(CN2CCCC2Cn2ccc3ccccc32)cc1. The summed E-state index contributed by atoms with van der Waals surface area (Å²) in [6.45, 7) is 3.39. The van der Waals surface area contributed by atoms with Gasteiger partial charge in [0.2, 0.25) is 0 Å². The molecule has 0 N–H and O–H groups in total. The summed E-state index contributed by atoms with van der Waals surface area (Å²) >= 11 is 0. The van der Waals surface area contributed by atoms with E-state index in [1.807, 2.05) is 0 Å². The van der Waals surface area contributed by atoms with Crippen molar-refractivity contribution in [2.75, 3.05) is 6.54 Å². The number of hydrogen-bond acceptors (Lipinski definition) is 1. The molecule has 3 aromatic rings. The first-order chi connectivity index (χ1) is 10.9. The maximum atomic E-state index is 2.64. The quantitative estimate of drug-likeness (QED) is 0.695. The maximum Gasteiger partial charge on any atom is 0.0480 e. The molecule has 0 saturated carbocycles. The molecular formula is C20H22N2. The van der Waals surface area contributed by atoms with E-state index in [0.29, 0.717) is 6.04 Å². The summed E-state index contributed by atoms with van der Waals surface area (Å²) in [5.74, 6) is 0. The molecule has 1 saturated heterocycles. The van der Waals surface area contributed by atoms with Gasteiger partial charge in [-0.1, -0.05) is 48.5 Å². The van der Waals surface area contributed by atoms with Crippen LogP contribution >= 0.6 is 0 Å². The monoisotopic (exact) mass is 290 g/mol. The van der Waals surface area contributed by atoms with Gasteiger partial charge in [-0.2, -0.15) is 0 Å². The van der Waals surface area contributed by atoms with Gasteiger partial charge in [0.15, 0.2) is 0 Å². The molecule has 1 fully saturated rings. The first-order valence-corrected chi connectivity index (χ1v) is 8.22. The van der Waals surface area contributed by atoms with Gasteiger partial charge >= 0.3 is 0 Å². The third-order valence-electron chi connectivity index (χ3n) is 4.82. The molecule has 0 bridgehead atoms. The topological polar surface area (TPSA) is 8.17 Å². The molecule has 0 aliphatic carbocycles. The van der Waals surface area contributed by atoms with Crippen LogP contribution < -0.4 is 0 Å². The lowest BCUT2D eigenvalue weighted by atomic mass is 10.1. The molecule has 112 valence electrons. The fourth-order valence-electron chi connectivity index (χ4n) is 3.65. The molecule has 0 spiro atoms. The zero-order valence-electron chi connectivity index (χ0n) is 12.9. The smallest absolute Gasteiger partial charge is 0.0480 e. The van der Waals surface area contributed by atoms with Crippen LogP contribution in [-0.4, -0.2) is 22.1 Å². The standard InChI is InChI=1S/C20H22N2/c1-2-7-17(8-3-1)15-21-13-6-10-19(21)16-22-14-12-18-9-4-5-11-20(18)22/h1-5,7-9,11-12,14,19H,6,10,13,15-16H2. The second-order valence-electron chi connectivity index (χ2n) is 6.28. The largest absolute Gasteiger partial charge is 0.346 e. The highest BCUT2D eigenvalue weighted by Crippen LogP contribution is 2.24. The first-order valence-electron chi connectivity index (χ1n) is 8.22. The minimum absolute atomic E-state index is 0.649. The summed E-state index contributed by atoms with van der Waals surface area (Å²) < 4.78 is 2.42. The maximum absolute atomic E-state index is 2.64. The summed E-state index contributed by atoms with van der Waals surface area (Å²) in [5, 5.41) is 1.34. The van der Waals surface area contributed by atoms with Gasteiger partial charge in [0.25, 0.3) is 0 Å². The van der Waals surface area contributed by atoms with Crippen LogP contribution in [0, 0.1) is 0 Å². The summed E-state index contributed by atoms with van der Waals surface area (Å²) in [7, 11) is 0. The number of benzene rings is 2. The van der Waals surface area contributed by atoms with E-state index < -0.39 is 0 Å². The molecule has 1 aromatic heterocycles. The summed E-state index contributed by atoms with van der Waals surface area (Å²) in [4.78, 5) is 2.64. The van der Waals surface area contributed by atoms with Crippen molar-refractivity contribution in [3.8, 4) is 0 Å². The van der Waals surface area contributed by atoms with E-state index >= 15 is 0 Å². The fourth-order valence-corrected chi connectivity index (χ4v) is 3.65. The van der Waals surface area contributed by atoms with Crippen LogP contribution in [0.2, 0.25) is 0 Å². The van der Waals surface area contributed by atoms with Gasteiger partial charge in [-0.05, 0) is 42.5 Å². The van der Waals surface area contributed by atoms with Crippen LogP contribution in [0.1, 0.15) is 18.4 Å². The highest BCUT2D eigenvalue weighted by molar-refractivity contribution is 5.79. The van der Waals surface area contributed by atoms with Crippen LogP contribution in [0.3, 0.4) is 0 Å². The van der Waals surface area contributed by atoms with E-state index in [-0.39, 0.29) is 0 Å². The Morgan fingerprint density at radius 1 is 0.909 bits per heavy atom. The van der Waals surface area contributed by atoms with Crippen molar-refractivity contribution >= 4 is 10.9 Å². The third-order valence-corrected chi connectivity index (χ3v) is 4.82. The lowest BCUT2D eigenvalue weighted by molar-refractivity contribution is 0.226. The third kappa shape index (κ3) is 2.67. The molecule has 2 nitrogen and oxygen atoms in total. The summed E-state index contributed by atoms with van der Waals surface area (Å²) in [6, 6.07) is 22.4. The second-order valence-corrected chi connectivity index (χ2v) is 6.28. The van der Waals surface area contributed by atoms with Crippen molar-refractivity contribution in [1.82, 2.24) is 9.47 Å². The van der Waals surface area contributed by atoms with Gasteiger partial charge < -0.3 is 4.57 Å². The van der Waals surface area contributed by atoms with Crippen LogP contribution in [-0.2, 0) is 13.1 Å². The molecule has 2 heterocycles. The van der Waals surface area contributed by atoms with E-state index in [4.69, 9.17) is 0 Å². The Labute approximate surface area is 132 Å². The molecule has 1 atom stereocenters. The van der Waals surface area contributed by atoms with Crippen molar-refractivity contribution in [2.45, 2.75) is 32.0 Å². The van der Waals surface area contributed by atoms with Crippen molar-refractivity contribution in [1.29, 1.82) is 0 Å². The number of aromatic nitrogens is 1. The van der Waals surface area contributed by atoms with E-state index in [9.17, 15) is 0 Å². The molecule has 1 aliphatic heterocycles. The van der Waals surface area contributed by atoms with E-state index in [2.05, 4.69) is 76.3 Å². The van der Waals surface area contributed by atoms with Gasteiger partial charge in [0, 0.05) is 30.8 Å². The van der Waals surface area contributed by atoms with Gasteiger partial charge in [0.1, 0.15) is 0 Å². The lowest BCUT2D eigenvalue weighted by Gasteiger charge is -2.25. The number of para-hydroxylation sites is 1. The van der Waals surface area contributed by atoms with Crippen molar-refractivity contribution in [2.24, 2.45) is 0 Å². The van der Waals surface area contributed by atoms with Crippen molar-refractivity contribution < 1.29 is 0 Å². The van der Waals surface area contributed by atoms with Gasteiger partial charge in [0.05, 0.1) is 0 Å². The predicted molar refractivity (Wildman–Crippen MR) is 91.8 cm³/mol. The van der Waals surface area contributed by atoms with Gasteiger partial charge in [-0.15, -0.1) is 0 Å². The molecule has 4 rings (SSSR count). The lowest BCUT2D eigenvalue weighted by Crippen LogP contribution is -2.32. The number of likely N-dealkylation sites (tertiary alicyclic amines) is 1. The molecule has 2 aromatic carbocycles. The minimum Gasteiger partial charge on any atom is -0.346 e. The minimum atomic E-state index is 0.649. The van der Waals surface area contributed by atoms with E-state index in [1.54, 1.807) is 0 Å². The Bertz CT molecular complexity index is 745. The Morgan fingerprint density at radius 2 is 1.73 bits per heavy atom. The average molecular weight is 290 g/mol. The molecule has 1 unspecified atom stereocenters. The Hall–Kier alpha value is -2.06. The molecule has 1 aliphatic rings. The molecule has 0 radical (unpaired) electrons. The van der Waals surface area contributed by atoms with Gasteiger partial charge in [-0.25, -0.2) is 0 Å². The normalized spacial score (nSPS) is 19.0. The summed E-state index contributed by atoms with van der Waals surface area (Å²) in [5.41, 5.74) is 2.78. The van der Waals surface area contributed by atoms with E-state index in [0.717, 1.165) is 13.1 Å². The second kappa shape index (κ2) is 5.98. The zero-order chi connectivity index (χ0) is 14.8. The highest BCUT2D eigenvalue weighted by atomic mass is 15.2. The molecule has 22 heavy (non-hydrogen) atoms. The molecule has 0 amide bonds. The zero-order valence-corrected chi connectivity index (χ0v) is 12.9. The Morgan fingerprint density at radius 3 is 2.64 bits per heavy atom. The Kier molecular flexibility index (Phi) is 3.69. The van der Waals surface area contributed by atoms with Crippen molar-refractivity contribution in [3.63, 3.8) is 0 Å². The number of nitrogens with zero attached hydrogens (tertiary/aromatic N) is 2. The van der Waals surface area contributed by atoms with Crippen LogP contribution in [0.4, 0.5) is 0 Å². The highest BCUT2D eigenvalue weighted by Gasteiger charge is 2.24. The van der Waals surface area contributed by atoms with Crippen LogP contribution in [0.25, 0.3) is 10.9 Å². The van der Waals surface area contributed by atoms with Crippen molar-refractivity contribution in [3.05, 3.63) is 72.4 Å². The van der Waals surface area contributed by atoms with Crippen LogP contribution in [0.15, 0.2) is 66.9 Å². The molecular weight excluding hydrogens is 268 g/mol. The number of rotatable bonds is 4. The van der Waals surface area contributed by atoms with Gasteiger partial charge in [-0.3, -0.25) is 4.90 Å². The number of hydrogen-bond donors (Lipinski definition) is 0. The van der Waals surface area contributed by atoms with E-state index in [1.165, 1.54) is 35.9 Å². The fraction of sp³-hybridized carbons (Fsp3) is 0.300. The average Bonchev–Trinajstić information content (AvgIpc) is 3.17. The number of fused-ring (bicyclic) bond motifs is 1. The Balaban J connectivity index is 1.52. The van der Waals surface area contributed by atoms with Crippen LogP contribution in [0.5, 0.6) is 0 Å².